The maximum absolute atomic E-state index is 12.8. The molecule has 1 aromatic heterocycles. The highest BCUT2D eigenvalue weighted by Gasteiger charge is 2.20. The second-order valence-electron chi connectivity index (χ2n) is 5.87. The summed E-state index contributed by atoms with van der Waals surface area (Å²) in [6.45, 7) is 4.60. The summed E-state index contributed by atoms with van der Waals surface area (Å²) >= 11 is 0. The van der Waals surface area contributed by atoms with Crippen LogP contribution < -0.4 is 4.74 Å². The predicted molar refractivity (Wildman–Crippen MR) is 96.4 cm³/mol. The Morgan fingerprint density at radius 3 is 2.62 bits per heavy atom. The summed E-state index contributed by atoms with van der Waals surface area (Å²) in [6, 6.07) is 17.7. The molecule has 0 aliphatic heterocycles. The van der Waals surface area contributed by atoms with Gasteiger partial charge in [0, 0.05) is 24.0 Å². The molecule has 2 aromatic carbocycles. The van der Waals surface area contributed by atoms with Crippen molar-refractivity contribution in [3.63, 3.8) is 0 Å². The zero-order valence-electron chi connectivity index (χ0n) is 14.2. The van der Waals surface area contributed by atoms with Gasteiger partial charge in [-0.3, -0.25) is 4.79 Å². The first-order valence-electron chi connectivity index (χ1n) is 8.18. The third-order valence-corrected chi connectivity index (χ3v) is 4.32. The molecule has 0 aliphatic rings. The van der Waals surface area contributed by atoms with Crippen molar-refractivity contribution < 1.29 is 9.53 Å². The summed E-state index contributed by atoms with van der Waals surface area (Å²) in [7, 11) is 1.83. The van der Waals surface area contributed by atoms with E-state index in [0.717, 1.165) is 22.2 Å². The molecule has 24 heavy (non-hydrogen) atoms. The van der Waals surface area contributed by atoms with Gasteiger partial charge in [0.2, 0.25) is 0 Å². The quantitative estimate of drug-likeness (QED) is 0.757. The van der Waals surface area contributed by atoms with Crippen LogP contribution in [0.4, 0.5) is 0 Å². The number of H-pyrrole nitrogens is 1. The predicted octanol–water partition coefficient (Wildman–Crippen LogP) is 4.40. The van der Waals surface area contributed by atoms with E-state index < -0.39 is 0 Å². The van der Waals surface area contributed by atoms with Gasteiger partial charge in [-0.2, -0.15) is 0 Å². The van der Waals surface area contributed by atoms with Crippen molar-refractivity contribution in [2.75, 3.05) is 13.7 Å². The number of carbonyl (C=O) groups is 1. The number of hydrogen-bond donors (Lipinski definition) is 1. The molecule has 0 fully saturated rings. The Morgan fingerprint density at radius 1 is 1.17 bits per heavy atom. The molecule has 3 aromatic rings. The zero-order chi connectivity index (χ0) is 17.1. The molecule has 0 bridgehead atoms. The molecule has 1 heterocycles. The lowest BCUT2D eigenvalue weighted by Crippen LogP contribution is -2.29. The first-order chi connectivity index (χ1) is 11.6. The van der Waals surface area contributed by atoms with Gasteiger partial charge in [0.05, 0.1) is 12.6 Å². The number of benzene rings is 2. The molecular formula is C20H22N2O2. The SMILES string of the molecule is CCOc1ccc2cc(C(=O)N(C)C(C)c3ccccc3)[nH]c2c1. The van der Waals surface area contributed by atoms with E-state index in [1.807, 2.05) is 75.5 Å². The maximum Gasteiger partial charge on any atom is 0.270 e. The van der Waals surface area contributed by atoms with Gasteiger partial charge in [-0.25, -0.2) is 0 Å². The van der Waals surface area contributed by atoms with Gasteiger partial charge in [0.1, 0.15) is 11.4 Å². The van der Waals surface area contributed by atoms with Crippen molar-refractivity contribution in [3.8, 4) is 5.75 Å². The summed E-state index contributed by atoms with van der Waals surface area (Å²) < 4.78 is 5.51. The monoisotopic (exact) mass is 322 g/mol. The van der Waals surface area contributed by atoms with Crippen LogP contribution in [0.25, 0.3) is 10.9 Å². The smallest absolute Gasteiger partial charge is 0.270 e. The number of fused-ring (bicyclic) bond motifs is 1. The lowest BCUT2D eigenvalue weighted by molar-refractivity contribution is 0.0737. The molecule has 0 spiro atoms. The van der Waals surface area contributed by atoms with Crippen LogP contribution in [0, 0.1) is 0 Å². The van der Waals surface area contributed by atoms with E-state index in [4.69, 9.17) is 4.74 Å². The number of aromatic amines is 1. The number of amides is 1. The standard InChI is InChI=1S/C20H22N2O2/c1-4-24-17-11-10-16-12-19(21-18(16)13-17)20(23)22(3)14(2)15-8-6-5-7-9-15/h5-14,21H,4H2,1-3H3. The van der Waals surface area contributed by atoms with Crippen molar-refractivity contribution in [3.05, 3.63) is 65.9 Å². The van der Waals surface area contributed by atoms with Crippen LogP contribution in [0.5, 0.6) is 5.75 Å². The largest absolute Gasteiger partial charge is 0.494 e. The van der Waals surface area contributed by atoms with Crippen LogP contribution >= 0.6 is 0 Å². The van der Waals surface area contributed by atoms with Crippen LogP contribution in [0.15, 0.2) is 54.6 Å². The Bertz CT molecular complexity index is 839. The van der Waals surface area contributed by atoms with E-state index in [9.17, 15) is 4.79 Å². The molecule has 0 saturated heterocycles. The number of aromatic nitrogens is 1. The molecule has 1 atom stereocenters. The highest BCUT2D eigenvalue weighted by Crippen LogP contribution is 2.24. The van der Waals surface area contributed by atoms with E-state index in [1.165, 1.54) is 0 Å². The Kier molecular flexibility index (Phi) is 4.56. The molecule has 1 unspecified atom stereocenters. The number of rotatable bonds is 5. The Morgan fingerprint density at radius 2 is 1.92 bits per heavy atom. The van der Waals surface area contributed by atoms with E-state index in [1.54, 1.807) is 4.90 Å². The molecular weight excluding hydrogens is 300 g/mol. The van der Waals surface area contributed by atoms with E-state index in [-0.39, 0.29) is 11.9 Å². The Hall–Kier alpha value is -2.75. The summed E-state index contributed by atoms with van der Waals surface area (Å²) in [5, 5.41) is 1.00. The number of hydrogen-bond acceptors (Lipinski definition) is 2. The molecule has 0 radical (unpaired) electrons. The van der Waals surface area contributed by atoms with E-state index in [0.29, 0.717) is 12.3 Å². The number of nitrogens with zero attached hydrogens (tertiary/aromatic N) is 1. The lowest BCUT2D eigenvalue weighted by Gasteiger charge is -2.24. The fourth-order valence-corrected chi connectivity index (χ4v) is 2.80. The molecule has 0 saturated carbocycles. The second-order valence-corrected chi connectivity index (χ2v) is 5.87. The highest BCUT2D eigenvalue weighted by molar-refractivity contribution is 5.98. The number of ether oxygens (including phenoxy) is 1. The summed E-state index contributed by atoms with van der Waals surface area (Å²) in [5.41, 5.74) is 2.61. The van der Waals surface area contributed by atoms with E-state index >= 15 is 0 Å². The minimum atomic E-state index is -0.0273. The van der Waals surface area contributed by atoms with Gasteiger partial charge >= 0.3 is 0 Å². The molecule has 1 amide bonds. The molecule has 0 aliphatic carbocycles. The Balaban J connectivity index is 1.85. The minimum absolute atomic E-state index is 0.00379. The molecule has 4 heteroatoms. The minimum Gasteiger partial charge on any atom is -0.494 e. The van der Waals surface area contributed by atoms with Crippen LogP contribution in [0.1, 0.15) is 35.9 Å². The number of nitrogens with one attached hydrogen (secondary N) is 1. The average Bonchev–Trinajstić information content (AvgIpc) is 3.04. The van der Waals surface area contributed by atoms with Gasteiger partial charge in [0.15, 0.2) is 0 Å². The average molecular weight is 322 g/mol. The summed E-state index contributed by atoms with van der Waals surface area (Å²) in [6.07, 6.45) is 0. The molecule has 1 N–H and O–H groups in total. The fourth-order valence-electron chi connectivity index (χ4n) is 2.80. The van der Waals surface area contributed by atoms with Gasteiger partial charge in [-0.15, -0.1) is 0 Å². The third-order valence-electron chi connectivity index (χ3n) is 4.32. The van der Waals surface area contributed by atoms with Crippen LogP contribution in [-0.2, 0) is 0 Å². The van der Waals surface area contributed by atoms with Gasteiger partial charge in [0.25, 0.3) is 5.91 Å². The first kappa shape index (κ1) is 16.1. The fraction of sp³-hybridized carbons (Fsp3) is 0.250. The maximum atomic E-state index is 12.8. The van der Waals surface area contributed by atoms with Crippen LogP contribution in [0.3, 0.4) is 0 Å². The summed E-state index contributed by atoms with van der Waals surface area (Å²) in [5.74, 6) is 0.775. The third kappa shape index (κ3) is 3.13. The highest BCUT2D eigenvalue weighted by atomic mass is 16.5. The van der Waals surface area contributed by atoms with Crippen molar-refractivity contribution in [2.45, 2.75) is 19.9 Å². The number of carbonyl (C=O) groups excluding carboxylic acids is 1. The van der Waals surface area contributed by atoms with Crippen molar-refractivity contribution >= 4 is 16.8 Å². The molecule has 3 rings (SSSR count). The summed E-state index contributed by atoms with van der Waals surface area (Å²) in [4.78, 5) is 17.8. The Labute approximate surface area is 142 Å². The van der Waals surface area contributed by atoms with Crippen LogP contribution in [-0.4, -0.2) is 29.4 Å². The zero-order valence-corrected chi connectivity index (χ0v) is 14.2. The molecule has 124 valence electrons. The van der Waals surface area contributed by atoms with Crippen LogP contribution in [0.2, 0.25) is 0 Å². The lowest BCUT2D eigenvalue weighted by atomic mass is 10.1. The normalized spacial score (nSPS) is 12.1. The van der Waals surface area contributed by atoms with Crippen molar-refractivity contribution in [1.29, 1.82) is 0 Å². The second kappa shape index (κ2) is 6.79. The first-order valence-corrected chi connectivity index (χ1v) is 8.18. The van der Waals surface area contributed by atoms with E-state index in [2.05, 4.69) is 4.98 Å². The topological polar surface area (TPSA) is 45.3 Å². The van der Waals surface area contributed by atoms with Crippen molar-refractivity contribution in [1.82, 2.24) is 9.88 Å². The van der Waals surface area contributed by atoms with Gasteiger partial charge < -0.3 is 14.6 Å². The van der Waals surface area contributed by atoms with Gasteiger partial charge in [-0.1, -0.05) is 30.3 Å². The van der Waals surface area contributed by atoms with Gasteiger partial charge in [-0.05, 0) is 37.6 Å². The molecule has 4 nitrogen and oxygen atoms in total. The van der Waals surface area contributed by atoms with Crippen molar-refractivity contribution in [2.24, 2.45) is 0 Å².